The maximum atomic E-state index is 14.2. The van der Waals surface area contributed by atoms with Crippen LogP contribution < -0.4 is 37.2 Å². The van der Waals surface area contributed by atoms with Crippen LogP contribution in [0.2, 0.25) is 0 Å². The fraction of sp³-hybridized carbons (Fsp3) is 0.667. The van der Waals surface area contributed by atoms with Crippen molar-refractivity contribution in [2.24, 2.45) is 35.5 Å². The Morgan fingerprint density at radius 2 is 1.02 bits per heavy atom. The zero-order chi connectivity index (χ0) is 45.8. The van der Waals surface area contributed by atoms with E-state index in [-0.39, 0.29) is 47.0 Å². The standard InChI is InChI=1S/C45H73N7O7S2/c1-12-26(6)31(11)39(53)47-34-25-61-60-24-33(40(54)46-23-22-32-20-18-17-19-21-32)48-42(56)35(27(7)13-2)50-44(58)37(29(9)15-4)52-45(59)38(30(10)16-5)51-43(57)36(28(8)14-3)49-41(34)55/h17-23,26-31,33-38H,12-16,24-25H2,1-11H3,(H,46,54)(H,47,53)(H,48,56)(H,49,55)(H,50,58)(H,51,57)(H,52,59)/b23-22+/t26-,27-,28-,29-,30-,31-,33-,34-,35-,36-,37-,38-/m0/s1. The lowest BCUT2D eigenvalue weighted by Crippen LogP contribution is -2.63. The van der Waals surface area contributed by atoms with Gasteiger partial charge in [-0.05, 0) is 41.2 Å². The monoisotopic (exact) mass is 888 g/mol. The molecule has 14 nitrogen and oxygen atoms in total. The minimum Gasteiger partial charge on any atom is -0.343 e. The normalized spacial score (nSPS) is 25.9. The molecule has 1 aliphatic rings. The van der Waals surface area contributed by atoms with Crippen LogP contribution >= 0.6 is 21.6 Å². The van der Waals surface area contributed by atoms with Gasteiger partial charge in [0.2, 0.25) is 41.4 Å². The molecule has 1 aliphatic heterocycles. The Hall–Kier alpha value is -4.05. The van der Waals surface area contributed by atoms with Gasteiger partial charge in [0.1, 0.15) is 36.3 Å². The van der Waals surface area contributed by atoms with E-state index in [1.807, 2.05) is 106 Å². The second-order valence-electron chi connectivity index (χ2n) is 16.6. The van der Waals surface area contributed by atoms with Gasteiger partial charge in [0.25, 0.3) is 0 Å². The molecule has 7 amide bonds. The van der Waals surface area contributed by atoms with E-state index in [1.165, 1.54) is 27.8 Å². The first kappa shape index (κ1) is 53.1. The van der Waals surface area contributed by atoms with Crippen molar-refractivity contribution in [2.45, 2.75) is 145 Å². The molecule has 0 unspecified atom stereocenters. The molecule has 0 aromatic heterocycles. The van der Waals surface area contributed by atoms with Gasteiger partial charge in [0.05, 0.1) is 0 Å². The third kappa shape index (κ3) is 16.6. The van der Waals surface area contributed by atoms with E-state index in [0.29, 0.717) is 25.7 Å². The van der Waals surface area contributed by atoms with Gasteiger partial charge in [-0.3, -0.25) is 33.6 Å². The molecule has 0 aliphatic carbocycles. The molecule has 0 spiro atoms. The van der Waals surface area contributed by atoms with Crippen LogP contribution in [0.1, 0.15) is 114 Å². The second kappa shape index (κ2) is 27.1. The van der Waals surface area contributed by atoms with Crippen molar-refractivity contribution in [3.63, 3.8) is 0 Å². The third-order valence-electron chi connectivity index (χ3n) is 12.2. The van der Waals surface area contributed by atoms with Crippen LogP contribution in [0.3, 0.4) is 0 Å². The van der Waals surface area contributed by atoms with Gasteiger partial charge in [0.15, 0.2) is 0 Å². The quantitative estimate of drug-likeness (QED) is 0.119. The Kier molecular flexibility index (Phi) is 23.6. The summed E-state index contributed by atoms with van der Waals surface area (Å²) in [6.07, 6.45) is 6.05. The minimum absolute atomic E-state index is 0.0441. The summed E-state index contributed by atoms with van der Waals surface area (Å²) in [6.45, 7) is 20.6. The molecule has 342 valence electrons. The molecule has 1 fully saturated rings. The Morgan fingerprint density at radius 3 is 1.44 bits per heavy atom. The van der Waals surface area contributed by atoms with E-state index < -0.39 is 77.6 Å². The number of nitrogens with one attached hydrogen (secondary N) is 7. The number of carbonyl (C=O) groups is 7. The van der Waals surface area contributed by atoms with Crippen molar-refractivity contribution in [2.75, 3.05) is 11.5 Å². The van der Waals surface area contributed by atoms with Gasteiger partial charge in [-0.1, -0.05) is 160 Å². The van der Waals surface area contributed by atoms with Crippen molar-refractivity contribution in [1.82, 2.24) is 37.2 Å². The molecule has 1 saturated heterocycles. The van der Waals surface area contributed by atoms with Crippen LogP contribution in [0, 0.1) is 35.5 Å². The third-order valence-corrected chi connectivity index (χ3v) is 14.6. The maximum Gasteiger partial charge on any atom is 0.247 e. The van der Waals surface area contributed by atoms with E-state index in [9.17, 15) is 33.6 Å². The summed E-state index contributed by atoms with van der Waals surface area (Å²) in [5.74, 6) is -5.31. The van der Waals surface area contributed by atoms with Crippen molar-refractivity contribution >= 4 is 69.0 Å². The number of rotatable bonds is 15. The average molecular weight is 888 g/mol. The molecule has 1 aromatic carbocycles. The highest BCUT2D eigenvalue weighted by Crippen LogP contribution is 2.25. The van der Waals surface area contributed by atoms with Crippen LogP contribution in [0.5, 0.6) is 0 Å². The fourth-order valence-corrected chi connectivity index (χ4v) is 8.78. The molecule has 2 rings (SSSR count). The summed E-state index contributed by atoms with van der Waals surface area (Å²) in [4.78, 5) is 98.2. The van der Waals surface area contributed by atoms with Gasteiger partial charge >= 0.3 is 0 Å². The van der Waals surface area contributed by atoms with Crippen LogP contribution in [0.15, 0.2) is 36.5 Å². The van der Waals surface area contributed by atoms with Crippen LogP contribution in [0.25, 0.3) is 6.08 Å². The van der Waals surface area contributed by atoms with Crippen LogP contribution in [-0.4, -0.2) is 89.1 Å². The van der Waals surface area contributed by atoms with Crippen molar-refractivity contribution < 1.29 is 33.6 Å². The first-order chi connectivity index (χ1) is 28.9. The van der Waals surface area contributed by atoms with Gasteiger partial charge in [-0.2, -0.15) is 0 Å². The first-order valence-corrected chi connectivity index (χ1v) is 24.5. The van der Waals surface area contributed by atoms with Gasteiger partial charge in [0, 0.05) is 23.6 Å². The number of amides is 7. The molecule has 1 aromatic rings. The highest BCUT2D eigenvalue weighted by molar-refractivity contribution is 8.76. The topological polar surface area (TPSA) is 204 Å². The highest BCUT2D eigenvalue weighted by Gasteiger charge is 2.38. The lowest BCUT2D eigenvalue weighted by atomic mass is 9.92. The van der Waals surface area contributed by atoms with E-state index in [1.54, 1.807) is 6.08 Å². The predicted octanol–water partition coefficient (Wildman–Crippen LogP) is 4.94. The predicted molar refractivity (Wildman–Crippen MR) is 247 cm³/mol. The Balaban J connectivity index is 2.69. The van der Waals surface area contributed by atoms with Crippen molar-refractivity contribution in [1.29, 1.82) is 0 Å². The molecule has 12 atom stereocenters. The Bertz CT molecular complexity index is 1630. The summed E-state index contributed by atoms with van der Waals surface area (Å²) in [6, 6.07) is 3.00. The van der Waals surface area contributed by atoms with E-state index in [4.69, 9.17) is 0 Å². The van der Waals surface area contributed by atoms with Gasteiger partial charge in [-0.25, -0.2) is 0 Å². The largest absolute Gasteiger partial charge is 0.343 e. The molecule has 61 heavy (non-hydrogen) atoms. The maximum absolute atomic E-state index is 14.2. The van der Waals surface area contributed by atoms with Crippen molar-refractivity contribution in [3.05, 3.63) is 42.1 Å². The molecule has 0 bridgehead atoms. The van der Waals surface area contributed by atoms with Crippen LogP contribution in [0.4, 0.5) is 0 Å². The molecular weight excluding hydrogens is 815 g/mol. The molecule has 0 saturated carbocycles. The Labute approximate surface area is 372 Å². The SMILES string of the molecule is CC[C@H](C)[C@H](C)C(=O)N[C@H]1CSSC[C@@H](C(=O)N/C=C/c2ccccc2)NC(=O)[C@H]([C@@H](C)CC)NC(=O)[C@H]([C@@H](C)CC)NC(=O)[C@H]([C@@H](C)CC)NC(=O)[C@H]([C@@H](C)CC)NC1=O. The molecule has 1 heterocycles. The summed E-state index contributed by atoms with van der Waals surface area (Å²) in [7, 11) is 2.47. The second-order valence-corrected chi connectivity index (χ2v) is 19.2. The number of carbonyl (C=O) groups excluding carboxylic acids is 7. The number of hydrogen-bond acceptors (Lipinski definition) is 9. The molecule has 7 N–H and O–H groups in total. The minimum atomic E-state index is -1.08. The summed E-state index contributed by atoms with van der Waals surface area (Å²) in [5.41, 5.74) is 0.855. The summed E-state index contributed by atoms with van der Waals surface area (Å²) < 4.78 is 0. The van der Waals surface area contributed by atoms with Gasteiger partial charge < -0.3 is 37.2 Å². The Morgan fingerprint density at radius 1 is 0.607 bits per heavy atom. The fourth-order valence-electron chi connectivity index (χ4n) is 6.45. The first-order valence-electron chi connectivity index (χ1n) is 22.0. The van der Waals surface area contributed by atoms with Crippen molar-refractivity contribution in [3.8, 4) is 0 Å². The van der Waals surface area contributed by atoms with E-state index >= 15 is 0 Å². The molecular formula is C45H73N7O7S2. The number of benzene rings is 1. The average Bonchev–Trinajstić information content (AvgIpc) is 3.26. The van der Waals surface area contributed by atoms with Crippen LogP contribution in [-0.2, 0) is 33.6 Å². The summed E-state index contributed by atoms with van der Waals surface area (Å²) >= 11 is 0. The molecule has 16 heteroatoms. The zero-order valence-corrected chi connectivity index (χ0v) is 39.7. The number of hydrogen-bond donors (Lipinski definition) is 7. The van der Waals surface area contributed by atoms with E-state index in [0.717, 1.165) is 12.0 Å². The lowest BCUT2D eigenvalue weighted by molar-refractivity contribution is -0.137. The summed E-state index contributed by atoms with van der Waals surface area (Å²) in [5, 5.41) is 20.1. The highest BCUT2D eigenvalue weighted by atomic mass is 33.1. The smallest absolute Gasteiger partial charge is 0.247 e. The lowest BCUT2D eigenvalue weighted by Gasteiger charge is -2.33. The van der Waals surface area contributed by atoms with Gasteiger partial charge in [-0.15, -0.1) is 0 Å². The zero-order valence-electron chi connectivity index (χ0n) is 38.1. The molecule has 0 radical (unpaired) electrons. The van der Waals surface area contributed by atoms with E-state index in [2.05, 4.69) is 37.2 Å².